The molecule has 8 heteroatoms. The summed E-state index contributed by atoms with van der Waals surface area (Å²) >= 11 is 0. The van der Waals surface area contributed by atoms with E-state index in [0.717, 1.165) is 19.3 Å². The number of halogens is 1. The zero-order valence-corrected chi connectivity index (χ0v) is 12.9. The molecule has 0 spiro atoms. The van der Waals surface area contributed by atoms with Crippen molar-refractivity contribution in [1.82, 2.24) is 14.9 Å². The molecule has 0 radical (unpaired) electrons. The Morgan fingerprint density at radius 2 is 2.25 bits per heavy atom. The molecule has 0 saturated carbocycles. The number of rotatable bonds is 4. The quantitative estimate of drug-likeness (QED) is 0.855. The molecule has 2 heterocycles. The van der Waals surface area contributed by atoms with Crippen molar-refractivity contribution in [3.63, 3.8) is 0 Å². The lowest BCUT2D eigenvalue weighted by molar-refractivity contribution is -0.124. The van der Waals surface area contributed by atoms with E-state index in [-0.39, 0.29) is 10.9 Å². The molecule has 1 fully saturated rings. The third kappa shape index (κ3) is 3.32. The number of nitrogens with zero attached hydrogens (tertiary/aromatic N) is 2. The summed E-state index contributed by atoms with van der Waals surface area (Å²) in [5.74, 6) is 0.504. The molecule has 20 heavy (non-hydrogen) atoms. The molecule has 6 nitrogen and oxygen atoms in total. The molecule has 1 saturated heterocycles. The van der Waals surface area contributed by atoms with E-state index in [4.69, 9.17) is 10.7 Å². The fraction of sp³-hybridized carbons (Fsp3) is 0.667. The van der Waals surface area contributed by atoms with Crippen molar-refractivity contribution in [1.29, 1.82) is 0 Å². The average molecular weight is 320 g/mol. The second-order valence-corrected chi connectivity index (χ2v) is 7.41. The first-order valence-corrected chi connectivity index (χ1v) is 9.04. The summed E-state index contributed by atoms with van der Waals surface area (Å²) in [6.45, 7) is 2.63. The maximum absolute atomic E-state index is 12.1. The van der Waals surface area contributed by atoms with Crippen molar-refractivity contribution in [3.05, 3.63) is 12.0 Å². The second-order valence-electron chi connectivity index (χ2n) is 4.89. The van der Waals surface area contributed by atoms with Crippen LogP contribution < -0.4 is 5.32 Å². The SMILES string of the molecule is CCCc1nc(S(=O)(=O)Cl)cn1C1CCCCNC1=O. The van der Waals surface area contributed by atoms with Crippen molar-refractivity contribution >= 4 is 25.6 Å². The fourth-order valence-electron chi connectivity index (χ4n) is 2.39. The maximum Gasteiger partial charge on any atom is 0.280 e. The lowest BCUT2D eigenvalue weighted by Crippen LogP contribution is -2.31. The predicted octanol–water partition coefficient (Wildman–Crippen LogP) is 1.60. The Balaban J connectivity index is 2.42. The van der Waals surface area contributed by atoms with Crippen molar-refractivity contribution in [2.75, 3.05) is 6.54 Å². The molecule has 112 valence electrons. The fourth-order valence-corrected chi connectivity index (χ4v) is 3.07. The minimum Gasteiger partial charge on any atom is -0.354 e. The van der Waals surface area contributed by atoms with Gasteiger partial charge in [-0.05, 0) is 25.7 Å². The Morgan fingerprint density at radius 1 is 1.50 bits per heavy atom. The van der Waals surface area contributed by atoms with E-state index < -0.39 is 15.1 Å². The van der Waals surface area contributed by atoms with Crippen molar-refractivity contribution < 1.29 is 13.2 Å². The normalized spacial score (nSPS) is 20.5. The topological polar surface area (TPSA) is 81.1 Å². The van der Waals surface area contributed by atoms with Crippen LogP contribution in [-0.4, -0.2) is 30.4 Å². The zero-order chi connectivity index (χ0) is 14.8. The first-order chi connectivity index (χ1) is 9.43. The number of amides is 1. The monoisotopic (exact) mass is 319 g/mol. The number of nitrogens with one attached hydrogen (secondary N) is 1. The van der Waals surface area contributed by atoms with Crippen LogP contribution in [-0.2, 0) is 20.3 Å². The molecule has 1 amide bonds. The predicted molar refractivity (Wildman–Crippen MR) is 75.2 cm³/mol. The van der Waals surface area contributed by atoms with Gasteiger partial charge in [0.15, 0.2) is 5.03 Å². The highest BCUT2D eigenvalue weighted by atomic mass is 35.7. The zero-order valence-electron chi connectivity index (χ0n) is 11.3. The van der Waals surface area contributed by atoms with Gasteiger partial charge in [0.05, 0.1) is 0 Å². The van der Waals surface area contributed by atoms with Crippen LogP contribution in [0, 0.1) is 0 Å². The average Bonchev–Trinajstić information content (AvgIpc) is 2.66. The molecule has 1 aromatic rings. The molecule has 0 aromatic carbocycles. The molecular formula is C12H18ClN3O3S. The summed E-state index contributed by atoms with van der Waals surface area (Å²) in [4.78, 5) is 16.2. The maximum atomic E-state index is 12.1. The molecule has 1 unspecified atom stereocenters. The number of hydrogen-bond acceptors (Lipinski definition) is 4. The van der Waals surface area contributed by atoms with E-state index in [2.05, 4.69) is 10.3 Å². The molecular weight excluding hydrogens is 302 g/mol. The number of carbonyl (C=O) groups excluding carboxylic acids is 1. The molecule has 0 bridgehead atoms. The van der Waals surface area contributed by atoms with Gasteiger partial charge in [0.1, 0.15) is 11.9 Å². The largest absolute Gasteiger partial charge is 0.354 e. The van der Waals surface area contributed by atoms with Gasteiger partial charge in [-0.15, -0.1) is 0 Å². The van der Waals surface area contributed by atoms with Gasteiger partial charge in [-0.25, -0.2) is 13.4 Å². The van der Waals surface area contributed by atoms with Gasteiger partial charge in [0.2, 0.25) is 5.91 Å². The summed E-state index contributed by atoms with van der Waals surface area (Å²) in [5.41, 5.74) is 0. The highest BCUT2D eigenvalue weighted by Crippen LogP contribution is 2.24. The molecule has 2 rings (SSSR count). The van der Waals surface area contributed by atoms with Crippen LogP contribution in [0.15, 0.2) is 11.2 Å². The Labute approximate surface area is 122 Å². The van der Waals surface area contributed by atoms with Gasteiger partial charge in [0, 0.05) is 29.8 Å². The smallest absolute Gasteiger partial charge is 0.280 e. The summed E-state index contributed by atoms with van der Waals surface area (Å²) in [6.07, 6.45) is 5.32. The number of aryl methyl sites for hydroxylation is 1. The van der Waals surface area contributed by atoms with Crippen LogP contribution in [0.5, 0.6) is 0 Å². The molecule has 0 aliphatic carbocycles. The minimum absolute atomic E-state index is 0.0872. The van der Waals surface area contributed by atoms with Crippen LogP contribution in [0.1, 0.15) is 44.5 Å². The van der Waals surface area contributed by atoms with Crippen molar-refractivity contribution in [3.8, 4) is 0 Å². The first kappa shape index (κ1) is 15.3. The van der Waals surface area contributed by atoms with Crippen molar-refractivity contribution in [2.45, 2.75) is 50.1 Å². The van der Waals surface area contributed by atoms with E-state index >= 15 is 0 Å². The molecule has 1 atom stereocenters. The third-order valence-corrected chi connectivity index (χ3v) is 4.52. The lowest BCUT2D eigenvalue weighted by Gasteiger charge is -2.17. The first-order valence-electron chi connectivity index (χ1n) is 6.73. The Bertz CT molecular complexity index is 597. The molecule has 1 aliphatic rings. The van der Waals surface area contributed by atoms with E-state index in [0.29, 0.717) is 25.2 Å². The van der Waals surface area contributed by atoms with Gasteiger partial charge in [-0.1, -0.05) is 6.92 Å². The summed E-state index contributed by atoms with van der Waals surface area (Å²) in [7, 11) is 1.47. The Morgan fingerprint density at radius 3 is 2.90 bits per heavy atom. The van der Waals surface area contributed by atoms with Crippen LogP contribution in [0.3, 0.4) is 0 Å². The van der Waals surface area contributed by atoms with Crippen molar-refractivity contribution in [2.24, 2.45) is 0 Å². The molecule has 1 aromatic heterocycles. The van der Waals surface area contributed by atoms with Gasteiger partial charge >= 0.3 is 0 Å². The number of hydrogen-bond donors (Lipinski definition) is 1. The lowest BCUT2D eigenvalue weighted by atomic mass is 10.1. The molecule has 1 N–H and O–H groups in total. The second kappa shape index (κ2) is 6.13. The van der Waals surface area contributed by atoms with Gasteiger partial charge < -0.3 is 9.88 Å². The van der Waals surface area contributed by atoms with Gasteiger partial charge in [-0.2, -0.15) is 0 Å². The van der Waals surface area contributed by atoms with Crippen LogP contribution in [0.25, 0.3) is 0 Å². The van der Waals surface area contributed by atoms with Crippen LogP contribution in [0.4, 0.5) is 0 Å². The van der Waals surface area contributed by atoms with E-state index in [9.17, 15) is 13.2 Å². The third-order valence-electron chi connectivity index (χ3n) is 3.35. The highest BCUT2D eigenvalue weighted by Gasteiger charge is 2.27. The molecule has 1 aliphatic heterocycles. The standard InChI is InChI=1S/C12H18ClN3O3S/c1-2-5-10-15-11(20(13,18)19)8-16(10)9-6-3-4-7-14-12(9)17/h8-9H,2-7H2,1H3,(H,14,17). The Hall–Kier alpha value is -1.08. The number of carbonyl (C=O) groups is 1. The minimum atomic E-state index is -3.88. The summed E-state index contributed by atoms with van der Waals surface area (Å²) in [6, 6.07) is -0.404. The van der Waals surface area contributed by atoms with Crippen LogP contribution >= 0.6 is 10.7 Å². The summed E-state index contributed by atoms with van der Waals surface area (Å²) < 4.78 is 24.5. The highest BCUT2D eigenvalue weighted by molar-refractivity contribution is 8.13. The van der Waals surface area contributed by atoms with E-state index in [1.807, 2.05) is 6.92 Å². The Kier molecular flexibility index (Phi) is 4.70. The number of aromatic nitrogens is 2. The van der Waals surface area contributed by atoms with Gasteiger partial charge in [0.25, 0.3) is 9.05 Å². The summed E-state index contributed by atoms with van der Waals surface area (Å²) in [5, 5.41) is 2.66. The van der Waals surface area contributed by atoms with E-state index in [1.165, 1.54) is 6.20 Å². The number of imidazole rings is 1. The van der Waals surface area contributed by atoms with E-state index in [1.54, 1.807) is 4.57 Å². The van der Waals surface area contributed by atoms with Gasteiger partial charge in [-0.3, -0.25) is 4.79 Å². The van der Waals surface area contributed by atoms with Crippen LogP contribution in [0.2, 0.25) is 0 Å².